The smallest absolute Gasteiger partial charge is 0.253 e. The molecule has 0 radical (unpaired) electrons. The highest BCUT2D eigenvalue weighted by Crippen LogP contribution is 2.57. The minimum absolute atomic E-state index is 0.0211. The number of halogens is 1. The summed E-state index contributed by atoms with van der Waals surface area (Å²) in [6.45, 7) is 10.2. The fourth-order valence-corrected chi connectivity index (χ4v) is 6.85. The fourth-order valence-electron chi connectivity index (χ4n) is 6.64. The molecule has 0 aromatic heterocycles. The number of piperidine rings is 1. The summed E-state index contributed by atoms with van der Waals surface area (Å²) >= 11 is 6.21. The number of carbonyl (C=O) groups excluding carboxylic acids is 2. The number of anilines is 1. The number of hydrogen-bond donors (Lipinski definition) is 0. The van der Waals surface area contributed by atoms with E-state index in [4.69, 9.17) is 21.6 Å². The van der Waals surface area contributed by atoms with Crippen LogP contribution in [0.15, 0.2) is 42.5 Å². The van der Waals surface area contributed by atoms with E-state index in [-0.39, 0.29) is 34.8 Å². The van der Waals surface area contributed by atoms with Crippen molar-refractivity contribution in [2.75, 3.05) is 25.0 Å². The zero-order chi connectivity index (χ0) is 26.3. The number of amides is 1. The van der Waals surface area contributed by atoms with E-state index in [1.165, 1.54) is 0 Å². The molecule has 1 saturated carbocycles. The minimum Gasteiger partial charge on any atom is -0.489 e. The van der Waals surface area contributed by atoms with Gasteiger partial charge in [0.15, 0.2) is 0 Å². The number of aldehydes is 1. The largest absolute Gasteiger partial charge is 0.489 e. The van der Waals surface area contributed by atoms with Gasteiger partial charge in [0.2, 0.25) is 0 Å². The van der Waals surface area contributed by atoms with Crippen LogP contribution < -0.4 is 9.64 Å². The van der Waals surface area contributed by atoms with Gasteiger partial charge in [0, 0.05) is 60.2 Å². The first-order valence-corrected chi connectivity index (χ1v) is 12.8. The van der Waals surface area contributed by atoms with E-state index in [1.807, 2.05) is 36.2 Å². The third-order valence-electron chi connectivity index (χ3n) is 8.00. The van der Waals surface area contributed by atoms with Crippen LogP contribution in [0.2, 0.25) is 5.02 Å². The Kier molecular flexibility index (Phi) is 7.07. The predicted molar refractivity (Wildman–Crippen MR) is 141 cm³/mol. The van der Waals surface area contributed by atoms with E-state index in [2.05, 4.69) is 38.7 Å². The molecule has 0 atom stereocenters. The number of ether oxygens (including phenoxy) is 1. The molecule has 1 heterocycles. The van der Waals surface area contributed by atoms with Crippen LogP contribution in [-0.4, -0.2) is 49.4 Å². The topological polar surface area (TPSA) is 73.6 Å². The average molecular weight is 508 g/mol. The van der Waals surface area contributed by atoms with Crippen LogP contribution in [0.4, 0.5) is 5.69 Å². The highest BCUT2D eigenvalue weighted by Gasteiger charge is 2.65. The van der Waals surface area contributed by atoms with Crippen LogP contribution in [-0.2, 0) is 4.79 Å². The molecule has 0 N–H and O–H groups in total. The molecule has 1 saturated heterocycles. The molecule has 2 aromatic rings. The van der Waals surface area contributed by atoms with Gasteiger partial charge >= 0.3 is 0 Å². The van der Waals surface area contributed by atoms with E-state index in [1.54, 1.807) is 18.2 Å². The Bertz CT molecular complexity index is 1160. The van der Waals surface area contributed by atoms with Gasteiger partial charge in [-0.25, -0.2) is 0 Å². The molecule has 2 fully saturated rings. The summed E-state index contributed by atoms with van der Waals surface area (Å²) in [5.41, 5.74) is 1.53. The Morgan fingerprint density at radius 3 is 2.25 bits per heavy atom. The van der Waals surface area contributed by atoms with Gasteiger partial charge in [0.05, 0.1) is 10.6 Å². The van der Waals surface area contributed by atoms with Gasteiger partial charge in [0.25, 0.3) is 5.91 Å². The van der Waals surface area contributed by atoms with E-state index in [9.17, 15) is 9.59 Å². The quantitative estimate of drug-likeness (QED) is 0.477. The number of nitrogens with zero attached hydrogens (tertiary/aromatic N) is 3. The Morgan fingerprint density at radius 1 is 1.11 bits per heavy atom. The van der Waals surface area contributed by atoms with Crippen LogP contribution in [0.25, 0.3) is 0 Å². The number of rotatable bonds is 6. The average Bonchev–Trinajstić information content (AvgIpc) is 2.86. The highest BCUT2D eigenvalue weighted by atomic mass is 35.5. The molecule has 0 bridgehead atoms. The maximum atomic E-state index is 13.5. The lowest BCUT2D eigenvalue weighted by atomic mass is 9.49. The Hall–Kier alpha value is -3.04. The van der Waals surface area contributed by atoms with Crippen LogP contribution in [0.5, 0.6) is 5.75 Å². The van der Waals surface area contributed by atoms with E-state index >= 15 is 0 Å². The van der Waals surface area contributed by atoms with Crippen molar-refractivity contribution in [2.24, 2.45) is 16.7 Å². The molecule has 0 spiro atoms. The summed E-state index contributed by atoms with van der Waals surface area (Å²) in [4.78, 5) is 28.6. The third kappa shape index (κ3) is 4.57. The highest BCUT2D eigenvalue weighted by molar-refractivity contribution is 6.31. The monoisotopic (exact) mass is 507 g/mol. The SMILES string of the molecule is CN(C(=O)c1ccc(N2CCC(C=O)CC2)cc1)C1C(C)(C)C(Oc2ccc(C#N)c(Cl)c2)C1(C)C. The third-order valence-corrected chi connectivity index (χ3v) is 8.31. The Morgan fingerprint density at radius 2 is 1.72 bits per heavy atom. The van der Waals surface area contributed by atoms with Crippen molar-refractivity contribution < 1.29 is 14.3 Å². The first kappa shape index (κ1) is 26.0. The van der Waals surface area contributed by atoms with E-state index in [0.717, 1.165) is 37.9 Å². The van der Waals surface area contributed by atoms with Gasteiger partial charge in [-0.3, -0.25) is 4.79 Å². The molecule has 1 aliphatic heterocycles. The van der Waals surface area contributed by atoms with Gasteiger partial charge in [-0.05, 0) is 49.2 Å². The first-order chi connectivity index (χ1) is 17.0. The molecule has 7 heteroatoms. The fraction of sp³-hybridized carbons (Fsp3) is 0.483. The summed E-state index contributed by atoms with van der Waals surface area (Å²) in [6.07, 6.45) is 2.66. The molecule has 2 aliphatic rings. The van der Waals surface area contributed by atoms with Crippen molar-refractivity contribution in [3.63, 3.8) is 0 Å². The molecular weight excluding hydrogens is 474 g/mol. The summed E-state index contributed by atoms with van der Waals surface area (Å²) in [5.74, 6) is 0.754. The lowest BCUT2D eigenvalue weighted by molar-refractivity contribution is -0.195. The van der Waals surface area contributed by atoms with Gasteiger partial charge in [-0.15, -0.1) is 0 Å². The summed E-state index contributed by atoms with van der Waals surface area (Å²) < 4.78 is 6.37. The van der Waals surface area contributed by atoms with Crippen LogP contribution in [0.3, 0.4) is 0 Å². The Balaban J connectivity index is 1.45. The minimum atomic E-state index is -0.308. The maximum absolute atomic E-state index is 13.5. The second-order valence-electron chi connectivity index (χ2n) is 11.2. The lowest BCUT2D eigenvalue weighted by Crippen LogP contribution is -2.74. The van der Waals surface area contributed by atoms with Crippen molar-refractivity contribution in [1.29, 1.82) is 5.26 Å². The molecule has 6 nitrogen and oxygen atoms in total. The lowest BCUT2D eigenvalue weighted by Gasteiger charge is -2.65. The van der Waals surface area contributed by atoms with Gasteiger partial charge in [-0.2, -0.15) is 5.26 Å². The predicted octanol–water partition coefficient (Wildman–Crippen LogP) is 5.58. The number of nitriles is 1. The van der Waals surface area contributed by atoms with Crippen molar-refractivity contribution in [2.45, 2.75) is 52.7 Å². The van der Waals surface area contributed by atoms with Gasteiger partial charge in [0.1, 0.15) is 24.2 Å². The van der Waals surface area contributed by atoms with Crippen LogP contribution >= 0.6 is 11.6 Å². The standard InChI is InChI=1S/C29H34ClN3O3/c1-28(2)26(29(3,4)27(28)36-23-11-8-21(17-31)24(30)16-23)32(5)25(35)20-6-9-22(10-7-20)33-14-12-19(18-34)13-15-33/h6-11,16,18-19,26-27H,12-15H2,1-5H3. The molecule has 190 valence electrons. The summed E-state index contributed by atoms with van der Waals surface area (Å²) in [5, 5.41) is 9.50. The van der Waals surface area contributed by atoms with Crippen molar-refractivity contribution >= 4 is 29.5 Å². The molecule has 1 aliphatic carbocycles. The zero-order valence-electron chi connectivity index (χ0n) is 21.6. The van der Waals surface area contributed by atoms with Gasteiger partial charge < -0.3 is 19.3 Å². The van der Waals surface area contributed by atoms with Crippen molar-refractivity contribution in [1.82, 2.24) is 4.90 Å². The first-order valence-electron chi connectivity index (χ1n) is 12.4. The second kappa shape index (κ2) is 9.78. The molecule has 36 heavy (non-hydrogen) atoms. The zero-order valence-corrected chi connectivity index (χ0v) is 22.4. The van der Waals surface area contributed by atoms with E-state index < -0.39 is 0 Å². The number of benzene rings is 2. The van der Waals surface area contributed by atoms with E-state index in [0.29, 0.717) is 21.9 Å². The van der Waals surface area contributed by atoms with Crippen LogP contribution in [0.1, 0.15) is 56.5 Å². The maximum Gasteiger partial charge on any atom is 0.253 e. The number of carbonyl (C=O) groups is 2. The Labute approximate surface area is 218 Å². The summed E-state index contributed by atoms with van der Waals surface area (Å²) in [7, 11) is 1.86. The summed E-state index contributed by atoms with van der Waals surface area (Å²) in [6, 6.07) is 14.9. The van der Waals surface area contributed by atoms with Crippen LogP contribution in [0, 0.1) is 28.1 Å². The molecule has 1 amide bonds. The normalized spacial score (nSPS) is 22.8. The molecule has 0 unspecified atom stereocenters. The number of hydrogen-bond acceptors (Lipinski definition) is 5. The molecular formula is C29H34ClN3O3. The second-order valence-corrected chi connectivity index (χ2v) is 11.6. The molecule has 4 rings (SSSR count). The van der Waals surface area contributed by atoms with Crippen molar-refractivity contribution in [3.8, 4) is 11.8 Å². The molecule has 2 aromatic carbocycles. The van der Waals surface area contributed by atoms with Gasteiger partial charge in [-0.1, -0.05) is 39.3 Å². The van der Waals surface area contributed by atoms with Crippen molar-refractivity contribution in [3.05, 3.63) is 58.6 Å².